The lowest BCUT2D eigenvalue weighted by molar-refractivity contribution is -0.113. The molecule has 0 bridgehead atoms. The summed E-state index contributed by atoms with van der Waals surface area (Å²) in [6.45, 7) is 8.24. The van der Waals surface area contributed by atoms with Crippen molar-refractivity contribution in [3.8, 4) is 5.75 Å². The number of nitrogens with zero attached hydrogens (tertiary/aromatic N) is 5. The highest BCUT2D eigenvalue weighted by Crippen LogP contribution is 2.28. The van der Waals surface area contributed by atoms with Gasteiger partial charge in [-0.25, -0.2) is 9.97 Å². The third-order valence-corrected chi connectivity index (χ3v) is 6.27. The van der Waals surface area contributed by atoms with Gasteiger partial charge in [-0.1, -0.05) is 41.2 Å². The number of methoxy groups -OCH3 is 1. The minimum atomic E-state index is -0.177. The van der Waals surface area contributed by atoms with E-state index in [1.165, 1.54) is 30.6 Å². The number of carbonyl (C=O) groups excluding carboxylic acids is 1. The summed E-state index contributed by atoms with van der Waals surface area (Å²) in [5, 5.41) is 13.1. The molecule has 0 saturated carbocycles. The molecule has 2 aromatic heterocycles. The van der Waals surface area contributed by atoms with Crippen LogP contribution in [-0.2, 0) is 17.1 Å². The zero-order chi connectivity index (χ0) is 23.1. The van der Waals surface area contributed by atoms with Crippen molar-refractivity contribution < 1.29 is 9.53 Å². The lowest BCUT2D eigenvalue weighted by Gasteiger charge is -2.09. The molecule has 1 amide bonds. The molecular formula is C21H23ClN6O2S2. The number of hydrogen-bond donors (Lipinski definition) is 1. The number of rotatable bonds is 10. The molecule has 3 aromatic rings. The molecule has 11 heteroatoms. The number of aromatic nitrogens is 5. The largest absolute Gasteiger partial charge is 0.495 e. The highest BCUT2D eigenvalue weighted by molar-refractivity contribution is 7.99. The second kappa shape index (κ2) is 11.3. The average Bonchev–Trinajstić information content (AvgIpc) is 3.12. The molecule has 8 nitrogen and oxygen atoms in total. The van der Waals surface area contributed by atoms with E-state index in [1.807, 2.05) is 24.5 Å². The lowest BCUT2D eigenvalue weighted by Crippen LogP contribution is -2.14. The minimum Gasteiger partial charge on any atom is -0.495 e. The molecule has 1 aromatic carbocycles. The summed E-state index contributed by atoms with van der Waals surface area (Å²) in [5.41, 5.74) is 2.44. The average molecular weight is 491 g/mol. The first-order valence-corrected chi connectivity index (χ1v) is 12.0. The molecule has 2 heterocycles. The molecule has 32 heavy (non-hydrogen) atoms. The van der Waals surface area contributed by atoms with Gasteiger partial charge in [0.05, 0.1) is 23.6 Å². The Kier molecular flexibility index (Phi) is 8.54. The fourth-order valence-electron chi connectivity index (χ4n) is 2.80. The van der Waals surface area contributed by atoms with E-state index in [1.54, 1.807) is 24.3 Å². The fourth-order valence-corrected chi connectivity index (χ4v) is 4.72. The fraction of sp³-hybridized carbons (Fsp3) is 0.286. The van der Waals surface area contributed by atoms with Crippen LogP contribution in [0.3, 0.4) is 0 Å². The summed E-state index contributed by atoms with van der Waals surface area (Å²) in [7, 11) is 1.54. The summed E-state index contributed by atoms with van der Waals surface area (Å²) in [6.07, 6.45) is 1.77. The van der Waals surface area contributed by atoms with Gasteiger partial charge < -0.3 is 14.6 Å². The van der Waals surface area contributed by atoms with E-state index in [4.69, 9.17) is 16.3 Å². The Balaban J connectivity index is 1.62. The number of nitrogens with one attached hydrogen (secondary N) is 1. The molecule has 0 atom stereocenters. The molecule has 0 fully saturated rings. The standard InChI is InChI=1S/C21H23ClN6O2S2/c1-5-8-28-18(11-31-20-23-13(2)9-14(3)24-20)26-27-21(28)32-12-19(29)25-15-6-7-17(30-4)16(22)10-15/h5-7,9-10H,1,8,11-12H2,2-4H3,(H,25,29). The SMILES string of the molecule is C=CCn1c(CSc2nc(C)cc(C)n2)nnc1SCC(=O)Nc1ccc(OC)c(Cl)c1. The van der Waals surface area contributed by atoms with Crippen LogP contribution in [0.2, 0.25) is 5.02 Å². The molecule has 0 aliphatic heterocycles. The molecule has 3 rings (SSSR count). The first-order valence-electron chi connectivity index (χ1n) is 9.64. The van der Waals surface area contributed by atoms with Crippen molar-refractivity contribution in [2.75, 3.05) is 18.2 Å². The molecular weight excluding hydrogens is 468 g/mol. The molecule has 0 radical (unpaired) electrons. The molecule has 0 spiro atoms. The maximum absolute atomic E-state index is 12.4. The van der Waals surface area contributed by atoms with Crippen LogP contribution in [0.15, 0.2) is 47.2 Å². The lowest BCUT2D eigenvalue weighted by atomic mass is 10.3. The van der Waals surface area contributed by atoms with E-state index in [0.29, 0.717) is 39.1 Å². The quantitative estimate of drug-likeness (QED) is 0.251. The van der Waals surface area contributed by atoms with E-state index in [2.05, 4.69) is 32.1 Å². The van der Waals surface area contributed by atoms with E-state index in [0.717, 1.165) is 17.2 Å². The van der Waals surface area contributed by atoms with E-state index >= 15 is 0 Å². The van der Waals surface area contributed by atoms with Crippen LogP contribution in [0, 0.1) is 13.8 Å². The summed E-state index contributed by atoms with van der Waals surface area (Å²) < 4.78 is 7.06. The third kappa shape index (κ3) is 6.47. The number of aryl methyl sites for hydroxylation is 2. The van der Waals surface area contributed by atoms with Gasteiger partial charge >= 0.3 is 0 Å². The number of benzene rings is 1. The normalized spacial score (nSPS) is 10.8. The Hall–Kier alpha value is -2.56. The van der Waals surface area contributed by atoms with Gasteiger partial charge in [0, 0.05) is 23.6 Å². The number of anilines is 1. The highest BCUT2D eigenvalue weighted by atomic mass is 35.5. The number of thioether (sulfide) groups is 2. The van der Waals surface area contributed by atoms with Crippen LogP contribution in [0.4, 0.5) is 5.69 Å². The molecule has 1 N–H and O–H groups in total. The van der Waals surface area contributed by atoms with Crippen LogP contribution in [0.1, 0.15) is 17.2 Å². The van der Waals surface area contributed by atoms with Crippen LogP contribution in [0.25, 0.3) is 0 Å². The van der Waals surface area contributed by atoms with Gasteiger partial charge in [-0.2, -0.15) is 0 Å². The van der Waals surface area contributed by atoms with E-state index in [-0.39, 0.29) is 11.7 Å². The second-order valence-corrected chi connectivity index (χ2v) is 9.00. The Bertz CT molecular complexity index is 1100. The number of carbonyl (C=O) groups is 1. The first kappa shape index (κ1) is 24.1. The van der Waals surface area contributed by atoms with Gasteiger partial charge in [-0.15, -0.1) is 16.8 Å². The summed E-state index contributed by atoms with van der Waals surface area (Å²) >= 11 is 8.91. The van der Waals surface area contributed by atoms with Crippen LogP contribution in [-0.4, -0.2) is 43.5 Å². The smallest absolute Gasteiger partial charge is 0.234 e. The summed E-state index contributed by atoms with van der Waals surface area (Å²) in [5.74, 6) is 1.87. The summed E-state index contributed by atoms with van der Waals surface area (Å²) in [6, 6.07) is 7.02. The van der Waals surface area contributed by atoms with E-state index in [9.17, 15) is 4.79 Å². The maximum atomic E-state index is 12.4. The van der Waals surface area contributed by atoms with Gasteiger partial charge in [-0.3, -0.25) is 4.79 Å². The van der Waals surface area contributed by atoms with Crippen LogP contribution < -0.4 is 10.1 Å². The van der Waals surface area contributed by atoms with Gasteiger partial charge in [0.2, 0.25) is 5.91 Å². The Morgan fingerprint density at radius 2 is 1.97 bits per heavy atom. The van der Waals surface area contributed by atoms with Gasteiger partial charge in [0.25, 0.3) is 0 Å². The summed E-state index contributed by atoms with van der Waals surface area (Å²) in [4.78, 5) is 21.3. The van der Waals surface area contributed by atoms with Gasteiger partial charge in [0.1, 0.15) is 11.6 Å². The third-order valence-electron chi connectivity index (χ3n) is 4.17. The maximum Gasteiger partial charge on any atom is 0.234 e. The van der Waals surface area contributed by atoms with Crippen molar-refractivity contribution >= 4 is 46.7 Å². The number of allylic oxidation sites excluding steroid dienone is 1. The Morgan fingerprint density at radius 3 is 2.62 bits per heavy atom. The van der Waals surface area contributed by atoms with Crippen LogP contribution in [0.5, 0.6) is 5.75 Å². The monoisotopic (exact) mass is 490 g/mol. The van der Waals surface area contributed by atoms with Crippen molar-refractivity contribution in [3.63, 3.8) is 0 Å². The van der Waals surface area contributed by atoms with Crippen molar-refractivity contribution in [3.05, 3.63) is 59.2 Å². The van der Waals surface area contributed by atoms with Gasteiger partial charge in [-0.05, 0) is 38.1 Å². The predicted molar refractivity (Wildman–Crippen MR) is 129 cm³/mol. The van der Waals surface area contributed by atoms with E-state index < -0.39 is 0 Å². The van der Waals surface area contributed by atoms with Crippen molar-refractivity contribution in [2.24, 2.45) is 0 Å². The second-order valence-electron chi connectivity index (χ2n) is 6.71. The minimum absolute atomic E-state index is 0.173. The first-order chi connectivity index (χ1) is 15.4. The highest BCUT2D eigenvalue weighted by Gasteiger charge is 2.15. The zero-order valence-corrected chi connectivity index (χ0v) is 20.4. The van der Waals surface area contributed by atoms with Crippen LogP contribution >= 0.6 is 35.1 Å². The topological polar surface area (TPSA) is 94.8 Å². The molecule has 0 aliphatic rings. The van der Waals surface area contributed by atoms with Crippen molar-refractivity contribution in [1.82, 2.24) is 24.7 Å². The Morgan fingerprint density at radius 1 is 1.22 bits per heavy atom. The molecule has 0 unspecified atom stereocenters. The number of amides is 1. The predicted octanol–water partition coefficient (Wildman–Crippen LogP) is 4.56. The molecule has 0 saturated heterocycles. The number of ether oxygens (including phenoxy) is 1. The number of hydrogen-bond acceptors (Lipinski definition) is 8. The molecule has 0 aliphatic carbocycles. The Labute approximate surface area is 200 Å². The number of halogens is 1. The van der Waals surface area contributed by atoms with Crippen molar-refractivity contribution in [2.45, 2.75) is 36.5 Å². The van der Waals surface area contributed by atoms with Gasteiger partial charge in [0.15, 0.2) is 10.3 Å². The molecule has 168 valence electrons. The zero-order valence-electron chi connectivity index (χ0n) is 18.0. The van der Waals surface area contributed by atoms with Crippen molar-refractivity contribution in [1.29, 1.82) is 0 Å².